The van der Waals surface area contributed by atoms with Gasteiger partial charge in [0.05, 0.1) is 7.11 Å². The molecule has 0 spiro atoms. The SMILES string of the molecule is COC(=O)C(C)(C)c1ncc(C2CCC2)[nH]1. The third kappa shape index (κ3) is 1.72. The van der Waals surface area contributed by atoms with Gasteiger partial charge in [-0.25, -0.2) is 4.98 Å². The predicted molar refractivity (Wildman–Crippen MR) is 60.2 cm³/mol. The van der Waals surface area contributed by atoms with Gasteiger partial charge in [0, 0.05) is 17.8 Å². The van der Waals surface area contributed by atoms with E-state index in [1.165, 1.54) is 26.4 Å². The summed E-state index contributed by atoms with van der Waals surface area (Å²) in [5, 5.41) is 0. The van der Waals surface area contributed by atoms with E-state index in [-0.39, 0.29) is 5.97 Å². The molecule has 1 aliphatic carbocycles. The van der Waals surface area contributed by atoms with Crippen LogP contribution in [0.5, 0.6) is 0 Å². The topological polar surface area (TPSA) is 55.0 Å². The number of aromatic nitrogens is 2. The summed E-state index contributed by atoms with van der Waals surface area (Å²) < 4.78 is 4.78. The molecule has 0 aliphatic heterocycles. The van der Waals surface area contributed by atoms with Crippen molar-refractivity contribution < 1.29 is 9.53 Å². The van der Waals surface area contributed by atoms with E-state index in [1.807, 2.05) is 20.0 Å². The molecule has 0 aromatic carbocycles. The Labute approximate surface area is 95.4 Å². The summed E-state index contributed by atoms with van der Waals surface area (Å²) in [6.45, 7) is 3.64. The van der Waals surface area contributed by atoms with Crippen LogP contribution >= 0.6 is 0 Å². The van der Waals surface area contributed by atoms with Gasteiger partial charge in [-0.2, -0.15) is 0 Å². The maximum absolute atomic E-state index is 11.6. The second kappa shape index (κ2) is 3.92. The smallest absolute Gasteiger partial charge is 0.318 e. The normalized spacial score (nSPS) is 16.9. The Hall–Kier alpha value is -1.32. The van der Waals surface area contributed by atoms with E-state index in [0.717, 1.165) is 5.69 Å². The van der Waals surface area contributed by atoms with E-state index in [0.29, 0.717) is 11.7 Å². The Morgan fingerprint density at radius 2 is 2.25 bits per heavy atom. The monoisotopic (exact) mass is 222 g/mol. The highest BCUT2D eigenvalue weighted by Gasteiger charge is 2.34. The van der Waals surface area contributed by atoms with Gasteiger partial charge in [0.15, 0.2) is 0 Å². The predicted octanol–water partition coefficient (Wildman–Crippen LogP) is 2.13. The van der Waals surface area contributed by atoms with Crippen LogP contribution in [-0.2, 0) is 14.9 Å². The number of rotatable bonds is 3. The van der Waals surface area contributed by atoms with Crippen molar-refractivity contribution in [2.24, 2.45) is 0 Å². The van der Waals surface area contributed by atoms with Gasteiger partial charge in [-0.05, 0) is 26.7 Å². The minimum atomic E-state index is -0.698. The van der Waals surface area contributed by atoms with Crippen molar-refractivity contribution in [1.29, 1.82) is 0 Å². The minimum Gasteiger partial charge on any atom is -0.468 e. The molecule has 1 saturated carbocycles. The molecule has 0 unspecified atom stereocenters. The number of carbonyl (C=O) groups excluding carboxylic acids is 1. The molecule has 0 radical (unpaired) electrons. The first-order valence-corrected chi connectivity index (χ1v) is 5.69. The molecular weight excluding hydrogens is 204 g/mol. The molecule has 4 nitrogen and oxygen atoms in total. The third-order valence-electron chi connectivity index (χ3n) is 3.43. The van der Waals surface area contributed by atoms with Gasteiger partial charge in [0.2, 0.25) is 0 Å². The maximum Gasteiger partial charge on any atom is 0.318 e. The molecule has 0 atom stereocenters. The second-order valence-electron chi connectivity index (χ2n) is 4.93. The number of carbonyl (C=O) groups is 1. The van der Waals surface area contributed by atoms with Crippen LogP contribution in [0.4, 0.5) is 0 Å². The number of H-pyrrole nitrogens is 1. The number of aromatic amines is 1. The molecule has 1 N–H and O–H groups in total. The number of ether oxygens (including phenoxy) is 1. The largest absolute Gasteiger partial charge is 0.468 e. The molecule has 0 amide bonds. The van der Waals surface area contributed by atoms with E-state index in [4.69, 9.17) is 4.74 Å². The van der Waals surface area contributed by atoms with Crippen molar-refractivity contribution in [2.45, 2.75) is 44.4 Å². The molecule has 1 aliphatic rings. The highest BCUT2D eigenvalue weighted by atomic mass is 16.5. The molecule has 1 aromatic heterocycles. The van der Waals surface area contributed by atoms with Crippen molar-refractivity contribution >= 4 is 5.97 Å². The van der Waals surface area contributed by atoms with Gasteiger partial charge in [-0.3, -0.25) is 4.79 Å². The van der Waals surface area contributed by atoms with Gasteiger partial charge in [0.25, 0.3) is 0 Å². The second-order valence-corrected chi connectivity index (χ2v) is 4.93. The van der Waals surface area contributed by atoms with Crippen LogP contribution in [0.2, 0.25) is 0 Å². The van der Waals surface area contributed by atoms with Gasteiger partial charge in [0.1, 0.15) is 11.2 Å². The molecule has 1 heterocycles. The van der Waals surface area contributed by atoms with E-state index in [2.05, 4.69) is 9.97 Å². The Bertz CT molecular complexity index is 391. The summed E-state index contributed by atoms with van der Waals surface area (Å²) in [4.78, 5) is 19.2. The number of methoxy groups -OCH3 is 1. The van der Waals surface area contributed by atoms with E-state index < -0.39 is 5.41 Å². The zero-order valence-corrected chi connectivity index (χ0v) is 10.0. The van der Waals surface area contributed by atoms with Gasteiger partial charge in [-0.15, -0.1) is 0 Å². The zero-order valence-electron chi connectivity index (χ0n) is 10.0. The summed E-state index contributed by atoms with van der Waals surface area (Å²) in [5.41, 5.74) is 0.453. The quantitative estimate of drug-likeness (QED) is 0.797. The summed E-state index contributed by atoms with van der Waals surface area (Å²) in [7, 11) is 1.40. The van der Waals surface area contributed by atoms with Crippen LogP contribution in [0, 0.1) is 0 Å². The van der Waals surface area contributed by atoms with Crippen LogP contribution in [0.3, 0.4) is 0 Å². The molecular formula is C12H18N2O2. The third-order valence-corrected chi connectivity index (χ3v) is 3.43. The Balaban J connectivity index is 2.20. The van der Waals surface area contributed by atoms with Crippen LogP contribution in [0.1, 0.15) is 50.5 Å². The van der Waals surface area contributed by atoms with Crippen molar-refractivity contribution in [3.05, 3.63) is 17.7 Å². The molecule has 4 heteroatoms. The fourth-order valence-electron chi connectivity index (χ4n) is 1.93. The number of nitrogens with zero attached hydrogens (tertiary/aromatic N) is 1. The lowest BCUT2D eigenvalue weighted by Gasteiger charge is -2.24. The summed E-state index contributed by atoms with van der Waals surface area (Å²) in [6, 6.07) is 0. The fourth-order valence-corrected chi connectivity index (χ4v) is 1.93. The van der Waals surface area contributed by atoms with Gasteiger partial charge in [-0.1, -0.05) is 6.42 Å². The standard InChI is InChI=1S/C12H18N2O2/c1-12(2,11(15)16-3)10-13-7-9(14-10)8-5-4-6-8/h7-8H,4-6H2,1-3H3,(H,13,14). The Morgan fingerprint density at radius 1 is 1.56 bits per heavy atom. The maximum atomic E-state index is 11.6. The minimum absolute atomic E-state index is 0.262. The van der Waals surface area contributed by atoms with E-state index in [1.54, 1.807) is 0 Å². The first-order valence-electron chi connectivity index (χ1n) is 5.69. The number of hydrogen-bond donors (Lipinski definition) is 1. The average molecular weight is 222 g/mol. The van der Waals surface area contributed by atoms with Crippen LogP contribution in [0.25, 0.3) is 0 Å². The number of nitrogens with one attached hydrogen (secondary N) is 1. The molecule has 88 valence electrons. The molecule has 2 rings (SSSR count). The lowest BCUT2D eigenvalue weighted by molar-refractivity contribution is -0.146. The lowest BCUT2D eigenvalue weighted by Crippen LogP contribution is -2.31. The van der Waals surface area contributed by atoms with Crippen LogP contribution < -0.4 is 0 Å². The van der Waals surface area contributed by atoms with Gasteiger partial charge < -0.3 is 9.72 Å². The summed E-state index contributed by atoms with van der Waals surface area (Å²) in [6.07, 6.45) is 5.59. The average Bonchev–Trinajstić information content (AvgIpc) is 2.63. The molecule has 16 heavy (non-hydrogen) atoms. The Morgan fingerprint density at radius 3 is 2.75 bits per heavy atom. The number of imidazole rings is 1. The van der Waals surface area contributed by atoms with Crippen LogP contribution in [-0.4, -0.2) is 23.0 Å². The van der Waals surface area contributed by atoms with Crippen LogP contribution in [0.15, 0.2) is 6.20 Å². The summed E-state index contributed by atoms with van der Waals surface area (Å²) >= 11 is 0. The number of esters is 1. The van der Waals surface area contributed by atoms with Crippen molar-refractivity contribution in [1.82, 2.24) is 9.97 Å². The first kappa shape index (κ1) is 11.2. The molecule has 1 fully saturated rings. The highest BCUT2D eigenvalue weighted by molar-refractivity contribution is 5.80. The Kier molecular flexibility index (Phi) is 2.74. The molecule has 1 aromatic rings. The summed E-state index contributed by atoms with van der Waals surface area (Å²) in [5.74, 6) is 1.04. The molecule has 0 bridgehead atoms. The number of hydrogen-bond acceptors (Lipinski definition) is 3. The van der Waals surface area contributed by atoms with E-state index in [9.17, 15) is 4.79 Å². The first-order chi connectivity index (χ1) is 7.55. The highest BCUT2D eigenvalue weighted by Crippen LogP contribution is 2.36. The van der Waals surface area contributed by atoms with Crippen molar-refractivity contribution in [2.75, 3.05) is 7.11 Å². The van der Waals surface area contributed by atoms with Crippen molar-refractivity contribution in [3.8, 4) is 0 Å². The lowest BCUT2D eigenvalue weighted by atomic mass is 9.83. The molecule has 0 saturated heterocycles. The fraction of sp³-hybridized carbons (Fsp3) is 0.667. The zero-order chi connectivity index (χ0) is 11.8. The van der Waals surface area contributed by atoms with E-state index >= 15 is 0 Å². The van der Waals surface area contributed by atoms with Crippen molar-refractivity contribution in [3.63, 3.8) is 0 Å². The van der Waals surface area contributed by atoms with Gasteiger partial charge >= 0.3 is 5.97 Å².